The highest BCUT2D eigenvalue weighted by Gasteiger charge is 2.40. The van der Waals surface area contributed by atoms with E-state index in [-0.39, 0.29) is 11.5 Å². The number of carbonyl (C=O) groups excluding carboxylic acids is 1. The van der Waals surface area contributed by atoms with Crippen LogP contribution in [0, 0.1) is 0 Å². The first-order valence-corrected chi connectivity index (χ1v) is 11.1. The van der Waals surface area contributed by atoms with Gasteiger partial charge >= 0.3 is 6.18 Å². The summed E-state index contributed by atoms with van der Waals surface area (Å²) < 4.78 is 46.3. The van der Waals surface area contributed by atoms with E-state index in [0.29, 0.717) is 56.4 Å². The Morgan fingerprint density at radius 1 is 1.21 bits per heavy atom. The largest absolute Gasteiger partial charge is 0.416 e. The van der Waals surface area contributed by atoms with Gasteiger partial charge in [0, 0.05) is 44.3 Å². The molecule has 2 aliphatic heterocycles. The van der Waals surface area contributed by atoms with Crippen molar-refractivity contribution >= 4 is 22.8 Å². The molecule has 2 saturated heterocycles. The first-order chi connectivity index (χ1) is 16.3. The Morgan fingerprint density at radius 3 is 2.74 bits per heavy atom. The number of nitrogens with one attached hydrogen (secondary N) is 2. The number of likely N-dealkylation sites (N-methyl/N-ethyl adjacent to an activating group) is 1. The van der Waals surface area contributed by atoms with Crippen LogP contribution in [-0.4, -0.2) is 78.5 Å². The fourth-order valence-corrected chi connectivity index (χ4v) is 4.82. The number of hydrogen-bond acceptors (Lipinski definition) is 6. The molecule has 0 radical (unpaired) electrons. The van der Waals surface area contributed by atoms with Gasteiger partial charge in [-0.15, -0.1) is 0 Å². The molecule has 3 aromatic rings. The number of aromatic amines is 1. The van der Waals surface area contributed by atoms with Crippen LogP contribution in [0.15, 0.2) is 36.5 Å². The molecule has 2 atom stereocenters. The number of H-pyrrole nitrogens is 1. The van der Waals surface area contributed by atoms with Gasteiger partial charge in [0.15, 0.2) is 11.5 Å². The maximum Gasteiger partial charge on any atom is 0.416 e. The minimum Gasteiger partial charge on any atom is -0.378 e. The second-order valence-electron chi connectivity index (χ2n) is 8.76. The maximum atomic E-state index is 13.6. The van der Waals surface area contributed by atoms with Crippen LogP contribution in [0.5, 0.6) is 0 Å². The fraction of sp³-hybridized carbons (Fsp3) is 0.435. The third kappa shape index (κ3) is 4.32. The number of halogens is 3. The highest BCUT2D eigenvalue weighted by Crippen LogP contribution is 2.38. The molecule has 2 fully saturated rings. The first-order valence-electron chi connectivity index (χ1n) is 11.1. The van der Waals surface area contributed by atoms with Gasteiger partial charge in [-0.25, -0.2) is 4.98 Å². The Morgan fingerprint density at radius 2 is 1.97 bits per heavy atom. The highest BCUT2D eigenvalue weighted by atomic mass is 19.4. The zero-order valence-corrected chi connectivity index (χ0v) is 18.6. The Balaban J connectivity index is 1.40. The lowest BCUT2D eigenvalue weighted by atomic mass is 9.90. The van der Waals surface area contributed by atoms with Crippen LogP contribution in [0.2, 0.25) is 0 Å². The summed E-state index contributed by atoms with van der Waals surface area (Å²) in [5, 5.41) is 10.9. The molecule has 2 N–H and O–H groups in total. The third-order valence-electron chi connectivity index (χ3n) is 6.45. The number of alkyl halides is 3. The van der Waals surface area contributed by atoms with Crippen LogP contribution in [0.1, 0.15) is 27.4 Å². The van der Waals surface area contributed by atoms with Gasteiger partial charge < -0.3 is 19.9 Å². The summed E-state index contributed by atoms with van der Waals surface area (Å²) in [5.74, 6) is -0.155. The molecule has 0 aliphatic carbocycles. The van der Waals surface area contributed by atoms with Crippen molar-refractivity contribution in [1.82, 2.24) is 25.4 Å². The number of pyridine rings is 1. The Labute approximate surface area is 194 Å². The van der Waals surface area contributed by atoms with Crippen molar-refractivity contribution < 1.29 is 22.7 Å². The molecular weight excluding hydrogens is 449 g/mol. The molecule has 2 aliphatic rings. The number of carbonyl (C=O) groups is 1. The second kappa shape index (κ2) is 8.88. The van der Waals surface area contributed by atoms with Crippen LogP contribution in [0.4, 0.5) is 19.0 Å². The van der Waals surface area contributed by atoms with E-state index < -0.39 is 23.7 Å². The number of amides is 1. The minimum absolute atomic E-state index is 0.197. The van der Waals surface area contributed by atoms with Gasteiger partial charge in [-0.3, -0.25) is 9.89 Å². The first kappa shape index (κ1) is 22.6. The van der Waals surface area contributed by atoms with Crippen LogP contribution in [0.25, 0.3) is 11.0 Å². The van der Waals surface area contributed by atoms with Crippen molar-refractivity contribution in [2.45, 2.75) is 18.1 Å². The van der Waals surface area contributed by atoms with E-state index in [1.165, 1.54) is 18.3 Å². The van der Waals surface area contributed by atoms with Gasteiger partial charge in [-0.2, -0.15) is 18.3 Å². The number of aromatic nitrogens is 3. The number of anilines is 1. The molecule has 34 heavy (non-hydrogen) atoms. The van der Waals surface area contributed by atoms with E-state index >= 15 is 0 Å². The number of fused-ring (bicyclic) bond motifs is 1. The van der Waals surface area contributed by atoms with E-state index in [1.54, 1.807) is 12.1 Å². The molecule has 11 heteroatoms. The summed E-state index contributed by atoms with van der Waals surface area (Å²) in [4.78, 5) is 21.5. The van der Waals surface area contributed by atoms with E-state index in [4.69, 9.17) is 4.74 Å². The molecule has 8 nitrogen and oxygen atoms in total. The summed E-state index contributed by atoms with van der Waals surface area (Å²) in [5.41, 5.74) is 0.435. The lowest BCUT2D eigenvalue weighted by Gasteiger charge is -2.26. The molecule has 180 valence electrons. The van der Waals surface area contributed by atoms with E-state index in [2.05, 4.69) is 25.4 Å². The number of nitrogens with zero attached hydrogens (tertiary/aromatic N) is 4. The fourth-order valence-electron chi connectivity index (χ4n) is 4.82. The van der Waals surface area contributed by atoms with E-state index in [9.17, 15) is 18.0 Å². The average molecular weight is 474 g/mol. The molecule has 0 unspecified atom stereocenters. The van der Waals surface area contributed by atoms with Crippen molar-refractivity contribution in [3.8, 4) is 0 Å². The zero-order chi connectivity index (χ0) is 23.9. The van der Waals surface area contributed by atoms with Crippen LogP contribution >= 0.6 is 0 Å². The predicted molar refractivity (Wildman–Crippen MR) is 120 cm³/mol. The summed E-state index contributed by atoms with van der Waals surface area (Å²) in [6.45, 7) is 3.42. The van der Waals surface area contributed by atoms with Gasteiger partial charge in [0.05, 0.1) is 29.7 Å². The van der Waals surface area contributed by atoms with Gasteiger partial charge in [0.25, 0.3) is 5.91 Å². The predicted octanol–water partition coefficient (Wildman–Crippen LogP) is 2.64. The number of likely N-dealkylation sites (tertiary alicyclic amines) is 1. The number of morpholine rings is 1. The normalized spacial score (nSPS) is 21.8. The molecule has 5 rings (SSSR count). The monoisotopic (exact) mass is 474 g/mol. The minimum atomic E-state index is -4.46. The number of rotatable bonds is 4. The molecule has 0 saturated carbocycles. The Bertz CT molecular complexity index is 1190. The number of hydrogen-bond donors (Lipinski definition) is 2. The Kier molecular flexibility index (Phi) is 5.90. The topological polar surface area (TPSA) is 86.4 Å². The third-order valence-corrected chi connectivity index (χ3v) is 6.45. The van der Waals surface area contributed by atoms with Crippen molar-refractivity contribution in [2.75, 3.05) is 51.3 Å². The highest BCUT2D eigenvalue weighted by molar-refractivity contribution is 5.99. The zero-order valence-electron chi connectivity index (χ0n) is 18.6. The average Bonchev–Trinajstić information content (AvgIpc) is 3.41. The van der Waals surface area contributed by atoms with Gasteiger partial charge in [-0.05, 0) is 24.7 Å². The summed E-state index contributed by atoms with van der Waals surface area (Å²) in [6, 6.07) is 6.83. The van der Waals surface area contributed by atoms with Gasteiger partial charge in [-0.1, -0.05) is 18.2 Å². The Hall–Kier alpha value is -3.18. The lowest BCUT2D eigenvalue weighted by Crippen LogP contribution is -2.40. The van der Waals surface area contributed by atoms with Crippen LogP contribution < -0.4 is 10.2 Å². The summed E-state index contributed by atoms with van der Waals surface area (Å²) >= 11 is 0. The molecule has 2 aromatic heterocycles. The van der Waals surface area contributed by atoms with Crippen LogP contribution in [0.3, 0.4) is 0 Å². The van der Waals surface area contributed by atoms with Crippen molar-refractivity contribution in [3.63, 3.8) is 0 Å². The molecule has 0 bridgehead atoms. The molecule has 1 aromatic carbocycles. The van der Waals surface area contributed by atoms with Crippen molar-refractivity contribution in [3.05, 3.63) is 53.2 Å². The van der Waals surface area contributed by atoms with Crippen LogP contribution in [-0.2, 0) is 10.9 Å². The lowest BCUT2D eigenvalue weighted by molar-refractivity contribution is -0.138. The summed E-state index contributed by atoms with van der Waals surface area (Å²) in [6.07, 6.45) is -3.01. The van der Waals surface area contributed by atoms with Crippen molar-refractivity contribution in [2.24, 2.45) is 0 Å². The number of benzene rings is 1. The van der Waals surface area contributed by atoms with E-state index in [0.717, 1.165) is 11.5 Å². The quantitative estimate of drug-likeness (QED) is 0.605. The summed E-state index contributed by atoms with van der Waals surface area (Å²) in [7, 11) is 1.84. The second-order valence-corrected chi connectivity index (χ2v) is 8.76. The molecule has 4 heterocycles. The van der Waals surface area contributed by atoms with E-state index in [1.807, 2.05) is 11.9 Å². The molecular formula is C23H25F3N6O2. The SMILES string of the molecule is CN1C[C@@H](NC(=O)c2cnc3[nH]nc(N4CCOCC4)c3c2)[C@H](c2ccccc2C(F)(F)F)C1. The van der Waals surface area contributed by atoms with Gasteiger partial charge in [0.1, 0.15) is 0 Å². The molecule has 1 amide bonds. The smallest absolute Gasteiger partial charge is 0.378 e. The molecule has 0 spiro atoms. The maximum absolute atomic E-state index is 13.6. The standard InChI is InChI=1S/C23H25F3N6O2/c1-31-12-17(15-4-2-3-5-18(15)23(24,25)26)19(13-31)28-22(33)14-10-16-20(27-11-14)29-30-21(16)32-6-8-34-9-7-32/h2-5,10-11,17,19H,6-9,12-13H2,1H3,(H,28,33)(H,27,29,30)/t17-,19+/m0/s1. The number of ether oxygens (including phenoxy) is 1. The van der Waals surface area contributed by atoms with Crippen molar-refractivity contribution in [1.29, 1.82) is 0 Å². The van der Waals surface area contributed by atoms with Gasteiger partial charge in [0.2, 0.25) is 0 Å².